The fourth-order valence-electron chi connectivity index (χ4n) is 5.02. The molecule has 1 unspecified atom stereocenters. The molecule has 0 spiro atoms. The number of amides is 3. The Morgan fingerprint density at radius 3 is 2.62 bits per heavy atom. The zero-order chi connectivity index (χ0) is 28.4. The highest BCUT2D eigenvalue weighted by atomic mass is 35.5. The second-order valence-corrected chi connectivity index (χ2v) is 10.1. The van der Waals surface area contributed by atoms with Crippen LogP contribution < -0.4 is 15.1 Å². The molecular formula is C28H23ClF2N6O3. The van der Waals surface area contributed by atoms with Crippen LogP contribution in [-0.2, 0) is 14.4 Å². The van der Waals surface area contributed by atoms with Gasteiger partial charge in [-0.2, -0.15) is 5.26 Å². The van der Waals surface area contributed by atoms with E-state index in [-0.39, 0.29) is 46.4 Å². The monoisotopic (exact) mass is 564 g/mol. The summed E-state index contributed by atoms with van der Waals surface area (Å²) < 4.78 is 27.1. The van der Waals surface area contributed by atoms with Crippen LogP contribution in [0.4, 0.5) is 20.3 Å². The average Bonchev–Trinajstić information content (AvgIpc) is 3.32. The van der Waals surface area contributed by atoms with E-state index in [4.69, 9.17) is 11.6 Å². The van der Waals surface area contributed by atoms with E-state index in [0.29, 0.717) is 0 Å². The van der Waals surface area contributed by atoms with E-state index >= 15 is 0 Å². The number of nitrogens with zero attached hydrogens (tertiary/aromatic N) is 5. The molecule has 5 rings (SSSR count). The second-order valence-electron chi connectivity index (χ2n) is 9.65. The molecule has 1 aromatic carbocycles. The maximum absolute atomic E-state index is 14.4. The Hall–Kier alpha value is -4.43. The van der Waals surface area contributed by atoms with Crippen LogP contribution in [0.15, 0.2) is 67.1 Å². The first-order valence-corrected chi connectivity index (χ1v) is 12.9. The van der Waals surface area contributed by atoms with Gasteiger partial charge in [-0.15, -0.1) is 0 Å². The number of alkyl halides is 2. The van der Waals surface area contributed by atoms with E-state index in [2.05, 4.69) is 15.3 Å². The van der Waals surface area contributed by atoms with Crippen molar-refractivity contribution in [2.24, 2.45) is 0 Å². The summed E-state index contributed by atoms with van der Waals surface area (Å²) in [5, 5.41) is 12.2. The topological polar surface area (TPSA) is 119 Å². The molecule has 2 fully saturated rings. The molecule has 2 atom stereocenters. The third kappa shape index (κ3) is 5.35. The van der Waals surface area contributed by atoms with Crippen molar-refractivity contribution in [3.8, 4) is 6.07 Å². The van der Waals surface area contributed by atoms with Crippen LogP contribution in [-0.4, -0.2) is 45.7 Å². The van der Waals surface area contributed by atoms with Gasteiger partial charge in [0.05, 0.1) is 23.5 Å². The molecule has 3 heterocycles. The molecule has 3 aromatic rings. The Labute approximate surface area is 233 Å². The smallest absolute Gasteiger partial charge is 0.252 e. The summed E-state index contributed by atoms with van der Waals surface area (Å²) >= 11 is 6.51. The molecule has 12 heteroatoms. The maximum Gasteiger partial charge on any atom is 0.252 e. The molecule has 1 N–H and O–H groups in total. The van der Waals surface area contributed by atoms with Crippen LogP contribution in [0.3, 0.4) is 0 Å². The van der Waals surface area contributed by atoms with Gasteiger partial charge >= 0.3 is 0 Å². The van der Waals surface area contributed by atoms with Gasteiger partial charge in [-0.3, -0.25) is 29.2 Å². The second kappa shape index (κ2) is 11.0. The van der Waals surface area contributed by atoms with Crippen LogP contribution in [0.25, 0.3) is 0 Å². The van der Waals surface area contributed by atoms with Gasteiger partial charge < -0.3 is 5.32 Å². The maximum atomic E-state index is 14.4. The molecule has 204 valence electrons. The Morgan fingerprint density at radius 1 is 1.18 bits per heavy atom. The minimum Gasteiger partial charge on any atom is -0.351 e. The van der Waals surface area contributed by atoms with Crippen molar-refractivity contribution in [3.05, 3.63) is 83.3 Å². The van der Waals surface area contributed by atoms with Crippen LogP contribution in [0.1, 0.15) is 42.9 Å². The first-order valence-electron chi connectivity index (χ1n) is 12.5. The van der Waals surface area contributed by atoms with Crippen molar-refractivity contribution in [1.82, 2.24) is 15.3 Å². The first kappa shape index (κ1) is 27.1. The number of aromatic nitrogens is 2. The number of nitrogens with one attached hydrogen (secondary N) is 1. The summed E-state index contributed by atoms with van der Waals surface area (Å²) in [6, 6.07) is 11.3. The van der Waals surface area contributed by atoms with E-state index in [1.165, 1.54) is 40.5 Å². The van der Waals surface area contributed by atoms with Crippen LogP contribution in [0, 0.1) is 11.3 Å². The number of benzene rings is 1. The lowest BCUT2D eigenvalue weighted by molar-refractivity contribution is -0.133. The number of hydrogen-bond donors (Lipinski definition) is 1. The standard InChI is InChI=1S/C28H23ClF2N6O3/c29-21-6-2-1-5-20(21)25(26(39)35-18-13-28(30,31)14-18)36(19-4-3-10-33-16-19)27(40)22-7-8-24(38)37(22)23-12-17(15-32)9-11-34-23/h1-6,9-12,16,18,22,25H,7-8,13-14H2,(H,35,39)/t22-,25?/m0/s1. The number of nitriles is 1. The molecule has 3 amide bonds. The molecule has 0 radical (unpaired) electrons. The van der Waals surface area contributed by atoms with Crippen molar-refractivity contribution in [2.45, 2.75) is 49.7 Å². The third-order valence-corrected chi connectivity index (χ3v) is 7.27. The SMILES string of the molecule is N#Cc1ccnc(N2C(=O)CC[C@H]2C(=O)N(c2cccnc2)C(C(=O)NC2CC(F)(F)C2)c2ccccc2Cl)c1. The average molecular weight is 565 g/mol. The summed E-state index contributed by atoms with van der Waals surface area (Å²) in [6.45, 7) is 0. The van der Waals surface area contributed by atoms with E-state index in [1.54, 1.807) is 36.4 Å². The molecular weight excluding hydrogens is 542 g/mol. The number of carbonyl (C=O) groups is 3. The summed E-state index contributed by atoms with van der Waals surface area (Å²) in [5.74, 6) is -4.44. The zero-order valence-electron chi connectivity index (χ0n) is 21.0. The number of halogens is 3. The Bertz CT molecular complexity index is 1490. The molecule has 1 saturated heterocycles. The summed E-state index contributed by atoms with van der Waals surface area (Å²) in [7, 11) is 0. The fraction of sp³-hybridized carbons (Fsp3) is 0.286. The van der Waals surface area contributed by atoms with E-state index in [0.717, 1.165) is 0 Å². The number of hydrogen-bond acceptors (Lipinski definition) is 6. The van der Waals surface area contributed by atoms with Gasteiger partial charge in [0.15, 0.2) is 0 Å². The van der Waals surface area contributed by atoms with Gasteiger partial charge in [-0.25, -0.2) is 13.8 Å². The lowest BCUT2D eigenvalue weighted by Crippen LogP contribution is -2.56. The van der Waals surface area contributed by atoms with Crippen molar-refractivity contribution >= 4 is 40.8 Å². The highest BCUT2D eigenvalue weighted by Gasteiger charge is 2.48. The molecule has 40 heavy (non-hydrogen) atoms. The molecule has 0 bridgehead atoms. The molecule has 1 aliphatic heterocycles. The van der Waals surface area contributed by atoms with Gasteiger partial charge in [-0.05, 0) is 36.8 Å². The Kier molecular flexibility index (Phi) is 7.45. The van der Waals surface area contributed by atoms with Gasteiger partial charge in [0.1, 0.15) is 17.9 Å². The molecule has 1 saturated carbocycles. The predicted molar refractivity (Wildman–Crippen MR) is 141 cm³/mol. The minimum atomic E-state index is -2.87. The van der Waals surface area contributed by atoms with E-state index in [9.17, 15) is 28.4 Å². The first-order chi connectivity index (χ1) is 19.2. The lowest BCUT2D eigenvalue weighted by atomic mass is 9.87. The van der Waals surface area contributed by atoms with Crippen molar-refractivity contribution in [1.29, 1.82) is 5.26 Å². The van der Waals surface area contributed by atoms with Gasteiger partial charge in [0, 0.05) is 48.3 Å². The highest BCUT2D eigenvalue weighted by Crippen LogP contribution is 2.39. The van der Waals surface area contributed by atoms with Crippen LogP contribution >= 0.6 is 11.6 Å². The van der Waals surface area contributed by atoms with Crippen LogP contribution in [0.5, 0.6) is 0 Å². The minimum absolute atomic E-state index is 0.0376. The summed E-state index contributed by atoms with van der Waals surface area (Å²) in [5.41, 5.74) is 0.764. The van der Waals surface area contributed by atoms with Crippen LogP contribution in [0.2, 0.25) is 5.02 Å². The number of anilines is 2. The predicted octanol–water partition coefficient (Wildman–Crippen LogP) is 4.19. The zero-order valence-corrected chi connectivity index (χ0v) is 21.8. The third-order valence-electron chi connectivity index (χ3n) is 6.92. The van der Waals surface area contributed by atoms with Crippen molar-refractivity contribution in [2.75, 3.05) is 9.80 Å². The van der Waals surface area contributed by atoms with E-state index in [1.807, 2.05) is 6.07 Å². The van der Waals surface area contributed by atoms with Gasteiger partial charge in [0.2, 0.25) is 11.8 Å². The number of pyridine rings is 2. The van der Waals surface area contributed by atoms with Gasteiger partial charge in [-0.1, -0.05) is 29.8 Å². The van der Waals surface area contributed by atoms with E-state index < -0.39 is 48.7 Å². The molecule has 2 aromatic heterocycles. The summed E-state index contributed by atoms with van der Waals surface area (Å²) in [6.07, 6.45) is 3.39. The Balaban J connectivity index is 1.58. The van der Waals surface area contributed by atoms with Crippen molar-refractivity contribution < 1.29 is 23.2 Å². The fourth-order valence-corrected chi connectivity index (χ4v) is 5.26. The lowest BCUT2D eigenvalue weighted by Gasteiger charge is -2.39. The molecule has 2 aliphatic rings. The number of rotatable bonds is 7. The Morgan fingerprint density at radius 2 is 1.95 bits per heavy atom. The summed E-state index contributed by atoms with van der Waals surface area (Å²) in [4.78, 5) is 51.9. The van der Waals surface area contributed by atoms with Gasteiger partial charge in [0.25, 0.3) is 11.8 Å². The normalized spacial score (nSPS) is 18.9. The molecule has 1 aliphatic carbocycles. The number of carbonyl (C=O) groups excluding carboxylic acids is 3. The molecule has 9 nitrogen and oxygen atoms in total. The van der Waals surface area contributed by atoms with Crippen molar-refractivity contribution in [3.63, 3.8) is 0 Å². The largest absolute Gasteiger partial charge is 0.351 e. The quantitative estimate of drug-likeness (QED) is 0.460. The highest BCUT2D eigenvalue weighted by molar-refractivity contribution is 6.31.